The first-order valence-corrected chi connectivity index (χ1v) is 7.79. The maximum atomic E-state index is 13.2. The van der Waals surface area contributed by atoms with Gasteiger partial charge in [-0.2, -0.15) is 0 Å². The van der Waals surface area contributed by atoms with Crippen LogP contribution in [-0.2, 0) is 6.42 Å². The third-order valence-corrected chi connectivity index (χ3v) is 4.87. The number of aliphatic hydroxyl groups excluding tert-OH is 1. The Labute approximate surface area is 122 Å². The van der Waals surface area contributed by atoms with Gasteiger partial charge in [0.15, 0.2) is 0 Å². The molecule has 0 aromatic heterocycles. The lowest BCUT2D eigenvalue weighted by Crippen LogP contribution is -2.31. The van der Waals surface area contributed by atoms with Crippen LogP contribution >= 0.6 is 0 Å². The Hall–Kier alpha value is -0.890. The summed E-state index contributed by atoms with van der Waals surface area (Å²) in [6.45, 7) is 6.92. The minimum Gasteiger partial charge on any atom is -0.392 e. The first-order chi connectivity index (χ1) is 9.36. The van der Waals surface area contributed by atoms with E-state index < -0.39 is 0 Å². The van der Waals surface area contributed by atoms with Crippen molar-refractivity contribution in [1.82, 2.24) is 0 Å². The van der Waals surface area contributed by atoms with Crippen molar-refractivity contribution in [3.8, 4) is 0 Å². The molecule has 1 fully saturated rings. The average molecular weight is 278 g/mol. The summed E-state index contributed by atoms with van der Waals surface area (Å²) in [6.07, 6.45) is 4.83. The zero-order chi connectivity index (χ0) is 14.8. The fourth-order valence-corrected chi connectivity index (χ4v) is 3.44. The minimum atomic E-state index is -0.335. The van der Waals surface area contributed by atoms with Crippen LogP contribution in [0, 0.1) is 23.1 Å². The molecule has 0 amide bonds. The molecule has 0 saturated heterocycles. The molecule has 0 bridgehead atoms. The molecule has 1 aliphatic carbocycles. The lowest BCUT2D eigenvalue weighted by molar-refractivity contribution is 0.0536. The second-order valence-corrected chi connectivity index (χ2v) is 7.38. The second kappa shape index (κ2) is 6.26. The predicted octanol–water partition coefficient (Wildman–Crippen LogP) is 4.58. The third kappa shape index (κ3) is 4.05. The van der Waals surface area contributed by atoms with Crippen LogP contribution in [0.4, 0.5) is 4.39 Å². The third-order valence-electron chi connectivity index (χ3n) is 4.87. The SMILES string of the molecule is CC(C)(C)C1CCC(C(O)Cc2cccc(F)c2)CC1. The van der Waals surface area contributed by atoms with E-state index >= 15 is 0 Å². The molecule has 0 radical (unpaired) electrons. The molecule has 1 aromatic carbocycles. The van der Waals surface area contributed by atoms with Crippen molar-refractivity contribution in [2.24, 2.45) is 17.3 Å². The summed E-state index contributed by atoms with van der Waals surface area (Å²) in [5.41, 5.74) is 1.27. The van der Waals surface area contributed by atoms with Gasteiger partial charge in [-0.05, 0) is 67.1 Å². The van der Waals surface area contributed by atoms with Crippen LogP contribution in [0.3, 0.4) is 0 Å². The molecule has 20 heavy (non-hydrogen) atoms. The second-order valence-electron chi connectivity index (χ2n) is 7.38. The molecule has 1 atom stereocenters. The van der Waals surface area contributed by atoms with Gasteiger partial charge >= 0.3 is 0 Å². The molecule has 1 N–H and O–H groups in total. The van der Waals surface area contributed by atoms with E-state index in [0.717, 1.165) is 24.3 Å². The first kappa shape index (κ1) is 15.5. The number of benzene rings is 1. The van der Waals surface area contributed by atoms with Gasteiger partial charge in [-0.3, -0.25) is 0 Å². The molecule has 1 aromatic rings. The van der Waals surface area contributed by atoms with Crippen molar-refractivity contribution >= 4 is 0 Å². The Morgan fingerprint density at radius 2 is 1.85 bits per heavy atom. The number of aliphatic hydroxyl groups is 1. The van der Waals surface area contributed by atoms with E-state index in [4.69, 9.17) is 0 Å². The van der Waals surface area contributed by atoms with Gasteiger partial charge in [0.25, 0.3) is 0 Å². The number of halogens is 1. The summed E-state index contributed by atoms with van der Waals surface area (Å²) >= 11 is 0. The molecule has 0 spiro atoms. The van der Waals surface area contributed by atoms with Gasteiger partial charge in [0.2, 0.25) is 0 Å². The van der Waals surface area contributed by atoms with Gasteiger partial charge in [-0.25, -0.2) is 4.39 Å². The highest BCUT2D eigenvalue weighted by Crippen LogP contribution is 2.41. The summed E-state index contributed by atoms with van der Waals surface area (Å²) < 4.78 is 13.2. The monoisotopic (exact) mass is 278 g/mol. The molecule has 2 rings (SSSR count). The van der Waals surface area contributed by atoms with Gasteiger partial charge in [0.1, 0.15) is 5.82 Å². The summed E-state index contributed by atoms with van der Waals surface area (Å²) in [7, 11) is 0. The largest absolute Gasteiger partial charge is 0.392 e. The van der Waals surface area contributed by atoms with E-state index in [1.165, 1.54) is 25.0 Å². The average Bonchev–Trinajstić information content (AvgIpc) is 2.38. The molecular weight excluding hydrogens is 251 g/mol. The summed E-state index contributed by atoms with van der Waals surface area (Å²) in [5, 5.41) is 10.4. The highest BCUT2D eigenvalue weighted by Gasteiger charge is 2.32. The maximum absolute atomic E-state index is 13.2. The predicted molar refractivity (Wildman–Crippen MR) is 81.0 cm³/mol. The Morgan fingerprint density at radius 3 is 2.40 bits per heavy atom. The van der Waals surface area contributed by atoms with E-state index in [9.17, 15) is 9.50 Å². The zero-order valence-electron chi connectivity index (χ0n) is 12.9. The lowest BCUT2D eigenvalue weighted by Gasteiger charge is -2.38. The smallest absolute Gasteiger partial charge is 0.123 e. The molecule has 1 aliphatic rings. The van der Waals surface area contributed by atoms with E-state index in [2.05, 4.69) is 20.8 Å². The molecule has 0 heterocycles. The molecule has 112 valence electrons. The molecule has 1 nitrogen and oxygen atoms in total. The van der Waals surface area contributed by atoms with Crippen molar-refractivity contribution in [3.63, 3.8) is 0 Å². The molecule has 0 aliphatic heterocycles. The lowest BCUT2D eigenvalue weighted by atomic mass is 9.68. The van der Waals surface area contributed by atoms with Crippen LogP contribution in [-0.4, -0.2) is 11.2 Å². The minimum absolute atomic E-state index is 0.217. The maximum Gasteiger partial charge on any atom is 0.123 e. The summed E-state index contributed by atoms with van der Waals surface area (Å²) in [4.78, 5) is 0. The van der Waals surface area contributed by atoms with Crippen molar-refractivity contribution < 1.29 is 9.50 Å². The quantitative estimate of drug-likeness (QED) is 0.858. The fourth-order valence-electron chi connectivity index (χ4n) is 3.44. The number of hydrogen-bond donors (Lipinski definition) is 1. The van der Waals surface area contributed by atoms with E-state index in [0.29, 0.717) is 17.8 Å². The Morgan fingerprint density at radius 1 is 1.20 bits per heavy atom. The Kier molecular flexibility index (Phi) is 4.85. The van der Waals surface area contributed by atoms with Gasteiger partial charge < -0.3 is 5.11 Å². The highest BCUT2D eigenvalue weighted by molar-refractivity contribution is 5.17. The van der Waals surface area contributed by atoms with E-state index in [1.54, 1.807) is 6.07 Å². The summed E-state index contributed by atoms with van der Waals surface area (Å²) in [6, 6.07) is 6.59. The van der Waals surface area contributed by atoms with Crippen LogP contribution in [0.15, 0.2) is 24.3 Å². The van der Waals surface area contributed by atoms with Crippen LogP contribution in [0.1, 0.15) is 52.0 Å². The molecular formula is C18H27FO. The van der Waals surface area contributed by atoms with Gasteiger partial charge in [-0.15, -0.1) is 0 Å². The Bertz CT molecular complexity index is 427. The molecule has 1 unspecified atom stereocenters. The van der Waals surface area contributed by atoms with Crippen molar-refractivity contribution in [1.29, 1.82) is 0 Å². The van der Waals surface area contributed by atoms with E-state index in [1.807, 2.05) is 6.07 Å². The first-order valence-electron chi connectivity index (χ1n) is 7.79. The van der Waals surface area contributed by atoms with Crippen LogP contribution < -0.4 is 0 Å². The van der Waals surface area contributed by atoms with E-state index in [-0.39, 0.29) is 11.9 Å². The van der Waals surface area contributed by atoms with Gasteiger partial charge in [0.05, 0.1) is 6.10 Å². The van der Waals surface area contributed by atoms with Crippen molar-refractivity contribution in [2.45, 2.75) is 59.0 Å². The van der Waals surface area contributed by atoms with Crippen LogP contribution in [0.5, 0.6) is 0 Å². The van der Waals surface area contributed by atoms with Gasteiger partial charge in [0, 0.05) is 0 Å². The summed E-state index contributed by atoms with van der Waals surface area (Å²) in [5.74, 6) is 0.920. The molecule has 1 saturated carbocycles. The Balaban J connectivity index is 1.87. The van der Waals surface area contributed by atoms with Crippen molar-refractivity contribution in [3.05, 3.63) is 35.6 Å². The normalized spacial score (nSPS) is 25.4. The zero-order valence-corrected chi connectivity index (χ0v) is 12.9. The molecule has 2 heteroatoms. The highest BCUT2D eigenvalue weighted by atomic mass is 19.1. The standard InChI is InChI=1S/C18H27FO/c1-18(2,3)15-9-7-14(8-10-15)17(20)12-13-5-4-6-16(19)11-13/h4-6,11,14-15,17,20H,7-10,12H2,1-3H3. The van der Waals surface area contributed by atoms with Crippen molar-refractivity contribution in [2.75, 3.05) is 0 Å². The van der Waals surface area contributed by atoms with Crippen LogP contribution in [0.2, 0.25) is 0 Å². The van der Waals surface area contributed by atoms with Gasteiger partial charge in [-0.1, -0.05) is 32.9 Å². The topological polar surface area (TPSA) is 20.2 Å². The van der Waals surface area contributed by atoms with Crippen LogP contribution in [0.25, 0.3) is 0 Å². The fraction of sp³-hybridized carbons (Fsp3) is 0.667. The number of rotatable bonds is 3. The number of hydrogen-bond acceptors (Lipinski definition) is 1.